The Balaban J connectivity index is 1.43. The van der Waals surface area contributed by atoms with Gasteiger partial charge in [-0.05, 0) is 24.8 Å². The lowest BCUT2D eigenvalue weighted by molar-refractivity contribution is 0.243. The van der Waals surface area contributed by atoms with Crippen LogP contribution in [0.25, 0.3) is 0 Å². The average molecular weight is 450 g/mol. The molecule has 0 aromatic rings. The summed E-state index contributed by atoms with van der Waals surface area (Å²) in [7, 11) is 3.43. The quantitative estimate of drug-likeness (QED) is 0.674. The van der Waals surface area contributed by atoms with Crippen LogP contribution in [0.5, 0.6) is 0 Å². The number of nitrogens with zero attached hydrogens (tertiary/aromatic N) is 4. The first-order chi connectivity index (χ1) is 16.2. The smallest absolute Gasteiger partial charge is 0.127 e. The van der Waals surface area contributed by atoms with Gasteiger partial charge in [-0.2, -0.15) is 0 Å². The summed E-state index contributed by atoms with van der Waals surface area (Å²) in [5.41, 5.74) is 4.49. The molecule has 0 spiro atoms. The highest BCUT2D eigenvalue weighted by molar-refractivity contribution is 6.07. The van der Waals surface area contributed by atoms with Crippen molar-refractivity contribution in [3.63, 3.8) is 0 Å². The molecule has 33 heavy (non-hydrogen) atoms. The summed E-state index contributed by atoms with van der Waals surface area (Å²) < 4.78 is 11.2. The van der Waals surface area contributed by atoms with Crippen LogP contribution in [0.1, 0.15) is 32.1 Å². The van der Waals surface area contributed by atoms with E-state index in [1.165, 1.54) is 25.0 Å². The first kappa shape index (κ1) is 22.0. The molecular weight excluding hydrogens is 414 g/mol. The Bertz CT molecular complexity index is 975. The van der Waals surface area contributed by atoms with Crippen LogP contribution in [0, 0.1) is 5.92 Å². The zero-order valence-electron chi connectivity index (χ0n) is 19.8. The minimum atomic E-state index is 0.693. The lowest BCUT2D eigenvalue weighted by Crippen LogP contribution is -2.48. The van der Waals surface area contributed by atoms with E-state index in [1.54, 1.807) is 14.2 Å². The normalized spacial score (nSPS) is 23.3. The van der Waals surface area contributed by atoms with Gasteiger partial charge in [0.1, 0.15) is 17.4 Å². The summed E-state index contributed by atoms with van der Waals surface area (Å²) in [6.07, 6.45) is 16.4. The number of piperazine rings is 1. The Morgan fingerprint density at radius 1 is 1.03 bits per heavy atom. The molecule has 0 radical (unpaired) electrons. The van der Waals surface area contributed by atoms with Gasteiger partial charge in [-0.1, -0.05) is 18.6 Å². The van der Waals surface area contributed by atoms with E-state index in [0.29, 0.717) is 6.54 Å². The van der Waals surface area contributed by atoms with Gasteiger partial charge in [0, 0.05) is 69.1 Å². The molecule has 0 atom stereocenters. The Morgan fingerprint density at radius 2 is 1.82 bits per heavy atom. The lowest BCUT2D eigenvalue weighted by Gasteiger charge is -2.36. The lowest BCUT2D eigenvalue weighted by atomic mass is 9.84. The van der Waals surface area contributed by atoms with Gasteiger partial charge in [-0.15, -0.1) is 0 Å². The van der Waals surface area contributed by atoms with Crippen molar-refractivity contribution in [1.29, 1.82) is 0 Å². The average Bonchev–Trinajstić information content (AvgIpc) is 3.05. The zero-order chi connectivity index (χ0) is 22.6. The van der Waals surface area contributed by atoms with Crippen LogP contribution in [0.3, 0.4) is 0 Å². The fourth-order valence-electron chi connectivity index (χ4n) is 4.86. The first-order valence-electron chi connectivity index (χ1n) is 12.2. The highest BCUT2D eigenvalue weighted by Gasteiger charge is 2.27. The largest absolute Gasteiger partial charge is 0.501 e. The van der Waals surface area contributed by atoms with Crippen molar-refractivity contribution >= 4 is 11.5 Å². The number of amidine groups is 1. The topological polar surface area (TPSA) is 61.7 Å². The van der Waals surface area contributed by atoms with Crippen molar-refractivity contribution in [2.24, 2.45) is 15.9 Å². The van der Waals surface area contributed by atoms with Gasteiger partial charge >= 0.3 is 0 Å². The molecule has 0 amide bonds. The van der Waals surface area contributed by atoms with Gasteiger partial charge < -0.3 is 24.6 Å². The number of hydrogen-bond donors (Lipinski definition) is 1. The van der Waals surface area contributed by atoms with E-state index in [0.717, 1.165) is 85.9 Å². The molecule has 0 unspecified atom stereocenters. The summed E-state index contributed by atoms with van der Waals surface area (Å²) in [6.45, 7) is 5.72. The summed E-state index contributed by atoms with van der Waals surface area (Å²) in [5, 5.41) is 3.42. The minimum Gasteiger partial charge on any atom is -0.501 e. The Labute approximate surface area is 196 Å². The van der Waals surface area contributed by atoms with Crippen molar-refractivity contribution in [3.05, 3.63) is 59.0 Å². The molecule has 1 saturated heterocycles. The van der Waals surface area contributed by atoms with Crippen LogP contribution in [-0.4, -0.2) is 74.8 Å². The number of hydrogen-bond acceptors (Lipinski definition) is 7. The second-order valence-corrected chi connectivity index (χ2v) is 9.20. The van der Waals surface area contributed by atoms with Crippen molar-refractivity contribution in [2.75, 3.05) is 53.5 Å². The molecule has 3 aliphatic carbocycles. The number of allylic oxidation sites excluding steroid dienone is 6. The number of nitrogens with one attached hydrogen (secondary N) is 1. The maximum Gasteiger partial charge on any atom is 0.127 e. The van der Waals surface area contributed by atoms with E-state index < -0.39 is 0 Å². The number of rotatable bonds is 6. The van der Waals surface area contributed by atoms with E-state index in [2.05, 4.69) is 39.4 Å². The van der Waals surface area contributed by atoms with Crippen molar-refractivity contribution < 1.29 is 9.47 Å². The Morgan fingerprint density at radius 3 is 2.55 bits per heavy atom. The van der Waals surface area contributed by atoms with Gasteiger partial charge in [0.25, 0.3) is 0 Å². The van der Waals surface area contributed by atoms with Crippen LogP contribution >= 0.6 is 0 Å². The Hall–Kier alpha value is -2.80. The van der Waals surface area contributed by atoms with Crippen LogP contribution < -0.4 is 5.32 Å². The molecule has 2 heterocycles. The fraction of sp³-hybridized carbons (Fsp3) is 0.538. The second-order valence-electron chi connectivity index (χ2n) is 9.20. The maximum absolute atomic E-state index is 5.63. The molecule has 2 aliphatic heterocycles. The third-order valence-corrected chi connectivity index (χ3v) is 7.12. The van der Waals surface area contributed by atoms with E-state index >= 15 is 0 Å². The maximum atomic E-state index is 5.63. The number of aliphatic imine (C=N–C) groups is 2. The number of ether oxygens (including phenoxy) is 2. The third kappa shape index (κ3) is 4.93. The van der Waals surface area contributed by atoms with Crippen molar-refractivity contribution in [3.8, 4) is 0 Å². The molecule has 0 aromatic carbocycles. The molecule has 0 bridgehead atoms. The predicted molar refractivity (Wildman–Crippen MR) is 132 cm³/mol. The molecule has 7 heteroatoms. The second kappa shape index (κ2) is 10.00. The van der Waals surface area contributed by atoms with E-state index in [-0.39, 0.29) is 0 Å². The number of methoxy groups -OCH3 is 2. The van der Waals surface area contributed by atoms with Gasteiger partial charge in [0.15, 0.2) is 0 Å². The Kier molecular flexibility index (Phi) is 6.67. The standard InChI is InChI=1S/C26H35N5O2/c1-32-22-8-6-20(14-23(16-22)33-2)31(18-19-4-3-5-19)21-7-9-24-25(15-21)29-26(17-28-24)30-12-10-27-11-13-30/h6-7,14-16,19,27H,3-5,8-13,17-18H2,1-2H3. The highest BCUT2D eigenvalue weighted by atomic mass is 16.5. The minimum absolute atomic E-state index is 0.693. The van der Waals surface area contributed by atoms with E-state index in [1.807, 2.05) is 6.08 Å². The van der Waals surface area contributed by atoms with Gasteiger partial charge in [-0.3, -0.25) is 4.99 Å². The summed E-state index contributed by atoms with van der Waals surface area (Å²) in [6, 6.07) is 0. The summed E-state index contributed by atoms with van der Waals surface area (Å²) >= 11 is 0. The van der Waals surface area contributed by atoms with E-state index in [9.17, 15) is 0 Å². The zero-order valence-corrected chi connectivity index (χ0v) is 19.8. The van der Waals surface area contributed by atoms with Gasteiger partial charge in [0.2, 0.25) is 0 Å². The molecule has 7 nitrogen and oxygen atoms in total. The highest BCUT2D eigenvalue weighted by Crippen LogP contribution is 2.33. The molecule has 2 fully saturated rings. The molecule has 176 valence electrons. The predicted octanol–water partition coefficient (Wildman–Crippen LogP) is 3.37. The molecule has 0 aromatic heterocycles. The van der Waals surface area contributed by atoms with Crippen LogP contribution in [-0.2, 0) is 9.47 Å². The third-order valence-electron chi connectivity index (χ3n) is 7.12. The molecular formula is C26H35N5O2. The van der Waals surface area contributed by atoms with Crippen LogP contribution in [0.15, 0.2) is 69.0 Å². The first-order valence-corrected chi connectivity index (χ1v) is 12.2. The monoisotopic (exact) mass is 449 g/mol. The molecule has 1 N–H and O–H groups in total. The van der Waals surface area contributed by atoms with Crippen molar-refractivity contribution in [1.82, 2.24) is 15.1 Å². The molecule has 5 aliphatic rings. The van der Waals surface area contributed by atoms with Crippen LogP contribution in [0.2, 0.25) is 0 Å². The summed E-state index contributed by atoms with van der Waals surface area (Å²) in [5.74, 6) is 3.55. The van der Waals surface area contributed by atoms with Gasteiger partial charge in [-0.25, -0.2) is 4.99 Å². The van der Waals surface area contributed by atoms with Crippen LogP contribution in [0.4, 0.5) is 0 Å². The molecule has 5 rings (SSSR count). The molecule has 1 saturated carbocycles. The van der Waals surface area contributed by atoms with Crippen molar-refractivity contribution in [2.45, 2.75) is 32.1 Å². The van der Waals surface area contributed by atoms with E-state index in [4.69, 9.17) is 19.5 Å². The SMILES string of the molecule is COC1=CC(N(CC2CCC2)C2=CCC3=NCC(N4CCNCC4)=NC3=C2)=CCC(OC)=C1. The van der Waals surface area contributed by atoms with Gasteiger partial charge in [0.05, 0.1) is 32.2 Å². The number of fused-ring (bicyclic) bond motifs is 1. The fourth-order valence-corrected chi connectivity index (χ4v) is 4.86. The summed E-state index contributed by atoms with van der Waals surface area (Å²) in [4.78, 5) is 14.8.